The van der Waals surface area contributed by atoms with Crippen LogP contribution in [0.25, 0.3) is 0 Å². The molecule has 2 aliphatic rings. The van der Waals surface area contributed by atoms with E-state index in [4.69, 9.17) is 15.2 Å². The van der Waals surface area contributed by atoms with Gasteiger partial charge in [-0.2, -0.15) is 0 Å². The van der Waals surface area contributed by atoms with Gasteiger partial charge in [0, 0.05) is 25.4 Å². The molecule has 252 valence electrons. The number of amides is 4. The number of alkyl halides is 1. The van der Waals surface area contributed by atoms with Gasteiger partial charge in [-0.3, -0.25) is 30.0 Å². The topological polar surface area (TPSA) is 202 Å². The number of hydrazine groups is 1. The van der Waals surface area contributed by atoms with Crippen molar-refractivity contribution in [2.24, 2.45) is 28.5 Å². The minimum Gasteiger partial charge on any atom is -0.396 e. The van der Waals surface area contributed by atoms with Gasteiger partial charge in [0.25, 0.3) is 0 Å². The number of allylic oxidation sites excluding steroid dienone is 2. The second-order valence-electron chi connectivity index (χ2n) is 11.8. The Bertz CT molecular complexity index is 1160. The number of hydrogen-bond acceptors (Lipinski definition) is 8. The maximum Gasteiger partial charge on any atom is 0.249 e. The number of halogens is 1. The predicted molar refractivity (Wildman–Crippen MR) is 173 cm³/mol. The number of carbonyl (C=O) groups excluding carboxylic acids is 4. The molecule has 0 aliphatic carbocycles. The molecule has 0 aromatic carbocycles. The van der Waals surface area contributed by atoms with E-state index in [1.165, 1.54) is 13.0 Å². The van der Waals surface area contributed by atoms with E-state index in [1.54, 1.807) is 19.1 Å². The average molecular weight is 699 g/mol. The molecule has 0 aromatic rings. The zero-order chi connectivity index (χ0) is 33.7. The van der Waals surface area contributed by atoms with Crippen molar-refractivity contribution >= 4 is 45.4 Å². The maximum absolute atomic E-state index is 12.5. The highest BCUT2D eigenvalue weighted by Gasteiger charge is 2.37. The maximum atomic E-state index is 12.5. The zero-order valence-corrected chi connectivity index (χ0v) is 28.2. The minimum absolute atomic E-state index is 0.0402. The van der Waals surface area contributed by atoms with Crippen molar-refractivity contribution in [3.63, 3.8) is 0 Å². The van der Waals surface area contributed by atoms with Gasteiger partial charge in [0.1, 0.15) is 11.9 Å². The summed E-state index contributed by atoms with van der Waals surface area (Å²) in [6.45, 7) is 8.74. The Hall–Kier alpha value is -2.91. The molecular weight excluding hydrogens is 650 g/mol. The third kappa shape index (κ3) is 13.2. The molecule has 0 saturated carbocycles. The van der Waals surface area contributed by atoms with Crippen molar-refractivity contribution < 1.29 is 38.9 Å². The van der Waals surface area contributed by atoms with E-state index in [0.29, 0.717) is 12.8 Å². The molecule has 9 atom stereocenters. The van der Waals surface area contributed by atoms with Gasteiger partial charge in [-0.05, 0) is 45.1 Å². The number of nitrogens with zero attached hydrogens (tertiary/aromatic N) is 1. The second-order valence-corrected chi connectivity index (χ2v) is 12.3. The molecule has 2 heterocycles. The number of aliphatic imine (C=N–C) groups is 1. The number of nitrogens with two attached hydrogens (primary N) is 1. The van der Waals surface area contributed by atoms with Crippen molar-refractivity contribution in [1.29, 1.82) is 0 Å². The van der Waals surface area contributed by atoms with Gasteiger partial charge in [-0.25, -0.2) is 4.99 Å². The van der Waals surface area contributed by atoms with Crippen LogP contribution in [0.15, 0.2) is 40.9 Å². The fourth-order valence-corrected chi connectivity index (χ4v) is 5.32. The largest absolute Gasteiger partial charge is 0.396 e. The predicted octanol–water partition coefficient (Wildman–Crippen LogP) is 1.33. The number of hydrogen-bond donors (Lipinski definition) is 6. The number of nitrogens with one attached hydrogen (secondary N) is 3. The quantitative estimate of drug-likeness (QED) is 0.0434. The Morgan fingerprint density at radius 1 is 1.09 bits per heavy atom. The molecule has 2 fully saturated rings. The summed E-state index contributed by atoms with van der Waals surface area (Å²) in [5.74, 6) is -2.01. The lowest BCUT2D eigenvalue weighted by molar-refractivity contribution is -0.147. The van der Waals surface area contributed by atoms with Crippen LogP contribution < -0.4 is 21.9 Å². The van der Waals surface area contributed by atoms with Crippen LogP contribution in [0.4, 0.5) is 0 Å². The van der Waals surface area contributed by atoms with Crippen LogP contribution in [0.3, 0.4) is 0 Å². The van der Waals surface area contributed by atoms with Crippen molar-refractivity contribution in [3.05, 3.63) is 36.0 Å². The number of aliphatic hydroxyl groups excluding tert-OH is 2. The first kappa shape index (κ1) is 38.3. The highest BCUT2D eigenvalue weighted by Crippen LogP contribution is 2.29. The van der Waals surface area contributed by atoms with Crippen LogP contribution in [-0.2, 0) is 28.7 Å². The van der Waals surface area contributed by atoms with Crippen LogP contribution in [0.5, 0.6) is 0 Å². The Kier molecular flexibility index (Phi) is 16.1. The molecule has 7 N–H and O–H groups in total. The van der Waals surface area contributed by atoms with Gasteiger partial charge in [0.2, 0.25) is 23.6 Å². The van der Waals surface area contributed by atoms with Crippen molar-refractivity contribution in [3.8, 4) is 0 Å². The molecule has 0 spiro atoms. The van der Waals surface area contributed by atoms with Crippen LogP contribution >= 0.6 is 15.9 Å². The number of aliphatic hydroxyl groups is 2. The van der Waals surface area contributed by atoms with Gasteiger partial charge in [0.05, 0.1) is 42.2 Å². The van der Waals surface area contributed by atoms with Gasteiger partial charge in [-0.15, -0.1) is 0 Å². The van der Waals surface area contributed by atoms with E-state index in [2.05, 4.69) is 44.0 Å². The van der Waals surface area contributed by atoms with Crippen LogP contribution in [0.1, 0.15) is 60.3 Å². The van der Waals surface area contributed by atoms with Crippen molar-refractivity contribution in [2.45, 2.75) is 96.9 Å². The summed E-state index contributed by atoms with van der Waals surface area (Å²) >= 11 is 3.00. The van der Waals surface area contributed by atoms with Gasteiger partial charge in [0.15, 0.2) is 0 Å². The third-order valence-corrected chi connectivity index (χ3v) is 8.41. The fourth-order valence-electron chi connectivity index (χ4n) is 5.18. The molecule has 0 bridgehead atoms. The summed E-state index contributed by atoms with van der Waals surface area (Å²) in [7, 11) is 0. The molecule has 4 amide bonds. The Morgan fingerprint density at radius 3 is 2.42 bits per heavy atom. The van der Waals surface area contributed by atoms with E-state index in [-0.39, 0.29) is 60.2 Å². The van der Waals surface area contributed by atoms with Crippen LogP contribution in [0, 0.1) is 17.8 Å². The van der Waals surface area contributed by atoms with E-state index in [1.807, 2.05) is 26.0 Å². The molecule has 2 aliphatic heterocycles. The first-order chi connectivity index (χ1) is 21.2. The first-order valence-electron chi connectivity index (χ1n) is 15.2. The lowest BCUT2D eigenvalue weighted by atomic mass is 9.87. The number of carbonyl (C=O) groups is 4. The zero-order valence-electron chi connectivity index (χ0n) is 26.6. The lowest BCUT2D eigenvalue weighted by Crippen LogP contribution is -2.50. The fraction of sp³-hybridized carbons (Fsp3) is 0.645. The summed E-state index contributed by atoms with van der Waals surface area (Å²) in [5, 5.41) is 23.5. The van der Waals surface area contributed by atoms with E-state index >= 15 is 0 Å². The molecular formula is C31H48BrN5O8. The van der Waals surface area contributed by atoms with E-state index in [9.17, 15) is 29.4 Å². The lowest BCUT2D eigenvalue weighted by Gasteiger charge is -2.39. The summed E-state index contributed by atoms with van der Waals surface area (Å²) in [5.41, 5.74) is 11.3. The van der Waals surface area contributed by atoms with Crippen molar-refractivity contribution in [2.75, 3.05) is 11.9 Å². The molecule has 0 radical (unpaired) electrons. The SMILES string of the molecule is CC(=O)N=C(N)C(C)/C=C\C(=O)NC1CC(C)C(C/C=C(C)/C=C/C2O[C@H](CC(=O)NNC(=O)CBr)CC(CO)[C@@H]2O)OC1C. The van der Waals surface area contributed by atoms with Gasteiger partial charge < -0.3 is 30.7 Å². The van der Waals surface area contributed by atoms with Crippen LogP contribution in [-0.4, -0.2) is 88.2 Å². The number of rotatable bonds is 12. The molecule has 0 aromatic heterocycles. The monoisotopic (exact) mass is 697 g/mol. The Balaban J connectivity index is 1.91. The Labute approximate surface area is 273 Å². The normalized spacial score (nSPS) is 30.2. The van der Waals surface area contributed by atoms with Gasteiger partial charge in [-0.1, -0.05) is 59.7 Å². The second kappa shape index (κ2) is 18.9. The summed E-state index contributed by atoms with van der Waals surface area (Å²) in [6, 6.07) is -0.169. The number of amidine groups is 1. The molecule has 14 heteroatoms. The van der Waals surface area contributed by atoms with E-state index < -0.39 is 42.0 Å². The molecule has 13 nitrogen and oxygen atoms in total. The highest BCUT2D eigenvalue weighted by molar-refractivity contribution is 9.09. The smallest absolute Gasteiger partial charge is 0.249 e. The molecule has 2 rings (SSSR count). The molecule has 7 unspecified atom stereocenters. The summed E-state index contributed by atoms with van der Waals surface area (Å²) < 4.78 is 12.2. The number of ether oxygens (including phenoxy) is 2. The first-order valence-corrected chi connectivity index (χ1v) is 16.3. The van der Waals surface area contributed by atoms with E-state index in [0.717, 1.165) is 12.0 Å². The standard InChI is InChI=1S/C31H48BrN5O8/c1-17(7-10-26-30(43)22(16-38)13-23(45-26)14-28(41)36-37-29(42)15-32)6-9-25-19(3)12-24(20(4)44-25)35-27(40)11-8-18(2)31(33)34-21(5)39/h6-8,10-11,18-20,22-26,30,38,43H,9,12-16H2,1-5H3,(H,35,40)(H,36,41)(H,37,42)(H2,33,34,39)/b10-7+,11-8-,17-6+/t18?,19?,20?,22?,23-,24?,25?,26?,30-/m0/s1. The summed E-state index contributed by atoms with van der Waals surface area (Å²) in [6.07, 6.45) is 7.75. The van der Waals surface area contributed by atoms with Gasteiger partial charge >= 0.3 is 0 Å². The van der Waals surface area contributed by atoms with Crippen molar-refractivity contribution in [1.82, 2.24) is 16.2 Å². The molecule has 2 saturated heterocycles. The van der Waals surface area contributed by atoms with Crippen LogP contribution in [0.2, 0.25) is 0 Å². The molecule has 45 heavy (non-hydrogen) atoms. The minimum atomic E-state index is -0.940. The average Bonchev–Trinajstić information content (AvgIpc) is 2.99. The Morgan fingerprint density at radius 2 is 1.78 bits per heavy atom. The summed E-state index contributed by atoms with van der Waals surface area (Å²) in [4.78, 5) is 50.9. The highest BCUT2D eigenvalue weighted by atomic mass is 79.9. The third-order valence-electron chi connectivity index (χ3n) is 7.90.